The summed E-state index contributed by atoms with van der Waals surface area (Å²) in [5.41, 5.74) is 1.78. The van der Waals surface area contributed by atoms with Crippen molar-refractivity contribution in [1.82, 2.24) is 15.0 Å². The van der Waals surface area contributed by atoms with Gasteiger partial charge in [0.1, 0.15) is 5.75 Å². The Kier molecular flexibility index (Phi) is 6.05. The number of aryl methyl sites for hydroxylation is 1. The lowest BCUT2D eigenvalue weighted by Crippen LogP contribution is -2.22. The second kappa shape index (κ2) is 8.66. The fraction of sp³-hybridized carbons (Fsp3) is 0.263. The van der Waals surface area contributed by atoms with Gasteiger partial charge in [-0.2, -0.15) is 16.3 Å². The molecular formula is C19H20N4O4S. The lowest BCUT2D eigenvalue weighted by Gasteiger charge is -2.14. The average molecular weight is 400 g/mol. The molecule has 0 bridgehead atoms. The zero-order chi connectivity index (χ0) is 20.1. The van der Waals surface area contributed by atoms with Crippen LogP contribution in [-0.2, 0) is 11.2 Å². The third kappa shape index (κ3) is 4.55. The first-order valence-corrected chi connectivity index (χ1v) is 9.47. The number of anilines is 1. The third-order valence-corrected chi connectivity index (χ3v) is 4.62. The molecule has 1 aromatic carbocycles. The van der Waals surface area contributed by atoms with Gasteiger partial charge in [0.05, 0.1) is 12.8 Å². The van der Waals surface area contributed by atoms with Crippen LogP contribution in [0, 0.1) is 0 Å². The molecule has 2 aromatic heterocycles. The maximum atomic E-state index is 12.4. The fourth-order valence-electron chi connectivity index (χ4n) is 2.50. The van der Waals surface area contributed by atoms with E-state index in [0.29, 0.717) is 35.1 Å². The van der Waals surface area contributed by atoms with Gasteiger partial charge in [0.15, 0.2) is 0 Å². The minimum absolute atomic E-state index is 0.153. The molecule has 0 saturated carbocycles. The number of ether oxygens (including phenoxy) is 1. The van der Waals surface area contributed by atoms with Gasteiger partial charge in [-0.3, -0.25) is 9.59 Å². The average Bonchev–Trinajstić information content (AvgIpc) is 3.37. The van der Waals surface area contributed by atoms with Gasteiger partial charge in [-0.1, -0.05) is 5.16 Å². The summed E-state index contributed by atoms with van der Waals surface area (Å²) in [5.74, 6) is 0.960. The smallest absolute Gasteiger partial charge is 0.253 e. The summed E-state index contributed by atoms with van der Waals surface area (Å²) in [6, 6.07) is 6.81. The molecule has 0 radical (unpaired) electrons. The number of thiophene rings is 1. The van der Waals surface area contributed by atoms with Crippen LogP contribution in [0.1, 0.15) is 22.7 Å². The molecule has 0 saturated heterocycles. The van der Waals surface area contributed by atoms with Crippen LogP contribution in [0.3, 0.4) is 0 Å². The molecule has 0 aliphatic rings. The number of amides is 2. The predicted octanol–water partition coefficient (Wildman–Crippen LogP) is 3.08. The van der Waals surface area contributed by atoms with Gasteiger partial charge in [-0.15, -0.1) is 0 Å². The summed E-state index contributed by atoms with van der Waals surface area (Å²) in [6.45, 7) is 0. The minimum atomic E-state index is -0.247. The van der Waals surface area contributed by atoms with Crippen LogP contribution < -0.4 is 10.1 Å². The summed E-state index contributed by atoms with van der Waals surface area (Å²) in [6.07, 6.45) is 0.460. The SMILES string of the molecule is COc1ccc(C(=O)N(C)C)cc1NC(=O)CCc1nc(-c2ccsc2)no1. The molecular weight excluding hydrogens is 380 g/mol. The molecule has 0 unspecified atom stereocenters. The van der Waals surface area contributed by atoms with Gasteiger partial charge in [0.25, 0.3) is 5.91 Å². The van der Waals surface area contributed by atoms with E-state index in [0.717, 1.165) is 5.56 Å². The van der Waals surface area contributed by atoms with Crippen molar-refractivity contribution in [2.45, 2.75) is 12.8 Å². The topological polar surface area (TPSA) is 97.6 Å². The largest absolute Gasteiger partial charge is 0.495 e. The van der Waals surface area contributed by atoms with Gasteiger partial charge >= 0.3 is 0 Å². The van der Waals surface area contributed by atoms with E-state index in [4.69, 9.17) is 9.26 Å². The monoisotopic (exact) mass is 400 g/mol. The van der Waals surface area contributed by atoms with E-state index in [1.54, 1.807) is 43.6 Å². The lowest BCUT2D eigenvalue weighted by atomic mass is 10.1. The van der Waals surface area contributed by atoms with Crippen molar-refractivity contribution in [2.24, 2.45) is 0 Å². The maximum Gasteiger partial charge on any atom is 0.253 e. The van der Waals surface area contributed by atoms with Crippen molar-refractivity contribution < 1.29 is 18.8 Å². The summed E-state index contributed by atoms with van der Waals surface area (Å²) in [4.78, 5) is 30.3. The summed E-state index contributed by atoms with van der Waals surface area (Å²) in [7, 11) is 4.84. The Morgan fingerprint density at radius 3 is 2.79 bits per heavy atom. The molecule has 0 aliphatic heterocycles. The van der Waals surface area contributed by atoms with Crippen LogP contribution in [0.15, 0.2) is 39.5 Å². The van der Waals surface area contributed by atoms with Gasteiger partial charge in [0, 0.05) is 43.4 Å². The highest BCUT2D eigenvalue weighted by Crippen LogP contribution is 2.26. The maximum absolute atomic E-state index is 12.4. The second-order valence-electron chi connectivity index (χ2n) is 6.19. The van der Waals surface area contributed by atoms with Gasteiger partial charge in [0.2, 0.25) is 17.6 Å². The van der Waals surface area contributed by atoms with Crippen molar-refractivity contribution >= 4 is 28.8 Å². The van der Waals surface area contributed by atoms with Crippen LogP contribution in [0.25, 0.3) is 11.4 Å². The first kappa shape index (κ1) is 19.6. The van der Waals surface area contributed by atoms with Crippen molar-refractivity contribution in [3.8, 4) is 17.1 Å². The number of hydrogen-bond acceptors (Lipinski definition) is 7. The van der Waals surface area contributed by atoms with Crippen LogP contribution in [-0.4, -0.2) is 48.1 Å². The molecule has 146 valence electrons. The van der Waals surface area contributed by atoms with Gasteiger partial charge in [-0.05, 0) is 29.6 Å². The molecule has 3 aromatic rings. The van der Waals surface area contributed by atoms with Crippen molar-refractivity contribution in [2.75, 3.05) is 26.5 Å². The number of benzene rings is 1. The fourth-order valence-corrected chi connectivity index (χ4v) is 3.13. The van der Waals surface area contributed by atoms with E-state index in [-0.39, 0.29) is 18.2 Å². The molecule has 0 fully saturated rings. The normalized spacial score (nSPS) is 10.5. The third-order valence-electron chi connectivity index (χ3n) is 3.94. The number of nitrogens with one attached hydrogen (secondary N) is 1. The van der Waals surface area contributed by atoms with Crippen LogP contribution in [0.5, 0.6) is 5.75 Å². The molecule has 2 amide bonds. The molecule has 0 aliphatic carbocycles. The molecule has 28 heavy (non-hydrogen) atoms. The Labute approximate surface area is 166 Å². The van der Waals surface area contributed by atoms with Gasteiger partial charge in [-0.25, -0.2) is 0 Å². The highest BCUT2D eigenvalue weighted by atomic mass is 32.1. The van der Waals surface area contributed by atoms with E-state index in [2.05, 4.69) is 15.5 Å². The van der Waals surface area contributed by atoms with Crippen molar-refractivity contribution in [3.63, 3.8) is 0 Å². The number of carbonyl (C=O) groups is 2. The zero-order valence-corrected chi connectivity index (χ0v) is 16.6. The molecule has 9 heteroatoms. The first-order valence-electron chi connectivity index (χ1n) is 8.52. The number of aromatic nitrogens is 2. The highest BCUT2D eigenvalue weighted by Gasteiger charge is 2.15. The molecule has 2 heterocycles. The molecule has 8 nitrogen and oxygen atoms in total. The molecule has 0 spiro atoms. The second-order valence-corrected chi connectivity index (χ2v) is 6.97. The number of rotatable bonds is 7. The van der Waals surface area contributed by atoms with E-state index in [1.165, 1.54) is 12.0 Å². The van der Waals surface area contributed by atoms with E-state index >= 15 is 0 Å². The molecule has 0 atom stereocenters. The lowest BCUT2D eigenvalue weighted by molar-refractivity contribution is -0.116. The summed E-state index contributed by atoms with van der Waals surface area (Å²) < 4.78 is 10.5. The van der Waals surface area contributed by atoms with Gasteiger partial charge < -0.3 is 19.5 Å². The standard InChI is InChI=1S/C19H20N4O4S/c1-23(2)19(25)12-4-5-15(26-3)14(10-12)20-16(24)6-7-17-21-18(22-27-17)13-8-9-28-11-13/h4-5,8-11H,6-7H2,1-3H3,(H,20,24). The summed E-state index contributed by atoms with van der Waals surface area (Å²) in [5, 5.41) is 10.6. The van der Waals surface area contributed by atoms with Crippen LogP contribution >= 0.6 is 11.3 Å². The Hall–Kier alpha value is -3.20. The van der Waals surface area contributed by atoms with Crippen molar-refractivity contribution in [3.05, 3.63) is 46.5 Å². The number of nitrogens with zero attached hydrogens (tertiary/aromatic N) is 3. The van der Waals surface area contributed by atoms with E-state index < -0.39 is 0 Å². The first-order chi connectivity index (χ1) is 13.5. The van der Waals surface area contributed by atoms with E-state index in [1.807, 2.05) is 16.8 Å². The van der Waals surface area contributed by atoms with Crippen molar-refractivity contribution in [1.29, 1.82) is 0 Å². The van der Waals surface area contributed by atoms with Crippen LogP contribution in [0.4, 0.5) is 5.69 Å². The number of carbonyl (C=O) groups excluding carboxylic acids is 2. The van der Waals surface area contributed by atoms with Crippen LogP contribution in [0.2, 0.25) is 0 Å². The Bertz CT molecular complexity index is 966. The number of methoxy groups -OCH3 is 1. The Morgan fingerprint density at radius 2 is 2.11 bits per heavy atom. The quantitative estimate of drug-likeness (QED) is 0.655. The molecule has 1 N–H and O–H groups in total. The summed E-state index contributed by atoms with van der Waals surface area (Å²) >= 11 is 1.55. The Balaban J connectivity index is 1.64. The molecule has 3 rings (SSSR count). The Morgan fingerprint density at radius 1 is 1.29 bits per heavy atom. The minimum Gasteiger partial charge on any atom is -0.495 e. The highest BCUT2D eigenvalue weighted by molar-refractivity contribution is 7.08. The predicted molar refractivity (Wildman–Crippen MR) is 106 cm³/mol. The van der Waals surface area contributed by atoms with E-state index in [9.17, 15) is 9.59 Å². The number of hydrogen-bond donors (Lipinski definition) is 1. The zero-order valence-electron chi connectivity index (χ0n) is 15.8.